The van der Waals surface area contributed by atoms with E-state index in [-0.39, 0.29) is 16.9 Å². The van der Waals surface area contributed by atoms with Gasteiger partial charge in [0.15, 0.2) is 6.10 Å². The first-order chi connectivity index (χ1) is 6.97. The number of benzene rings is 1. The number of carbonyl (C=O) groups excluding carboxylic acids is 1. The minimum Gasteiger partial charge on any atom is -0.508 e. The molecule has 0 bridgehead atoms. The molecule has 4 nitrogen and oxygen atoms in total. The highest BCUT2D eigenvalue weighted by Gasteiger charge is 2.23. The summed E-state index contributed by atoms with van der Waals surface area (Å²) < 4.78 is 17.7. The van der Waals surface area contributed by atoms with Crippen LogP contribution in [0.25, 0.3) is 0 Å². The minimum absolute atomic E-state index is 0.146. The number of methoxy groups -OCH3 is 1. The largest absolute Gasteiger partial charge is 0.508 e. The van der Waals surface area contributed by atoms with E-state index in [0.717, 1.165) is 13.2 Å². The second-order valence-electron chi connectivity index (χ2n) is 3.09. The molecule has 0 amide bonds. The molecule has 2 N–H and O–H groups in total. The van der Waals surface area contributed by atoms with Crippen molar-refractivity contribution in [2.24, 2.45) is 0 Å². The maximum atomic E-state index is 13.4. The van der Waals surface area contributed by atoms with Gasteiger partial charge in [-0.25, -0.2) is 9.18 Å². The molecule has 15 heavy (non-hydrogen) atoms. The summed E-state index contributed by atoms with van der Waals surface area (Å²) in [5.74, 6) is -1.92. The molecule has 0 saturated carbocycles. The summed E-state index contributed by atoms with van der Waals surface area (Å²) in [5, 5.41) is 18.6. The lowest BCUT2D eigenvalue weighted by atomic mass is 10.0. The van der Waals surface area contributed by atoms with Crippen LogP contribution >= 0.6 is 0 Å². The second kappa shape index (κ2) is 4.27. The number of ether oxygens (including phenoxy) is 1. The maximum absolute atomic E-state index is 13.4. The predicted molar refractivity (Wildman–Crippen MR) is 49.8 cm³/mol. The summed E-state index contributed by atoms with van der Waals surface area (Å²) in [6, 6.07) is 2.19. The van der Waals surface area contributed by atoms with Crippen molar-refractivity contribution in [3.63, 3.8) is 0 Å². The number of aryl methyl sites for hydroxylation is 1. The van der Waals surface area contributed by atoms with E-state index >= 15 is 0 Å². The average Bonchev–Trinajstić information content (AvgIpc) is 2.21. The Bertz CT molecular complexity index is 389. The van der Waals surface area contributed by atoms with Crippen molar-refractivity contribution in [1.29, 1.82) is 0 Å². The van der Waals surface area contributed by atoms with E-state index < -0.39 is 17.9 Å². The lowest BCUT2D eigenvalue weighted by Crippen LogP contribution is -2.15. The van der Waals surface area contributed by atoms with Crippen LogP contribution in [0.3, 0.4) is 0 Å². The van der Waals surface area contributed by atoms with Crippen LogP contribution in [0.2, 0.25) is 0 Å². The Kier molecular flexibility index (Phi) is 3.26. The van der Waals surface area contributed by atoms with Crippen LogP contribution in [-0.2, 0) is 9.53 Å². The zero-order valence-corrected chi connectivity index (χ0v) is 8.32. The van der Waals surface area contributed by atoms with Gasteiger partial charge in [-0.05, 0) is 24.6 Å². The molecule has 0 heterocycles. The fourth-order valence-electron chi connectivity index (χ4n) is 1.21. The van der Waals surface area contributed by atoms with Crippen LogP contribution in [0.4, 0.5) is 4.39 Å². The highest BCUT2D eigenvalue weighted by molar-refractivity contribution is 5.76. The van der Waals surface area contributed by atoms with Crippen LogP contribution in [0.15, 0.2) is 12.1 Å². The third-order valence-electron chi connectivity index (χ3n) is 1.99. The third kappa shape index (κ3) is 2.24. The molecule has 1 unspecified atom stereocenters. The average molecular weight is 214 g/mol. The molecule has 1 rings (SSSR count). The van der Waals surface area contributed by atoms with E-state index in [9.17, 15) is 19.4 Å². The number of phenolic OH excluding ortho intramolecular Hbond substituents is 1. The molecule has 0 aliphatic rings. The van der Waals surface area contributed by atoms with Gasteiger partial charge < -0.3 is 14.9 Å². The van der Waals surface area contributed by atoms with E-state index in [4.69, 9.17) is 0 Å². The van der Waals surface area contributed by atoms with Crippen molar-refractivity contribution < 1.29 is 24.1 Å². The quantitative estimate of drug-likeness (QED) is 0.722. The maximum Gasteiger partial charge on any atom is 0.339 e. The summed E-state index contributed by atoms with van der Waals surface area (Å²) in [6.07, 6.45) is -1.72. The molecular weight excluding hydrogens is 203 g/mol. The van der Waals surface area contributed by atoms with Gasteiger partial charge in [0.25, 0.3) is 0 Å². The summed E-state index contributed by atoms with van der Waals surface area (Å²) in [5.41, 5.74) is -0.146. The zero-order chi connectivity index (χ0) is 11.6. The second-order valence-corrected chi connectivity index (χ2v) is 3.09. The molecular formula is C10H11FO4. The standard InChI is InChI=1S/C10H11FO4/c1-5-3-6(12)4-7(8(5)11)9(13)10(14)15-2/h3-4,9,12-13H,1-2H3. The Labute approximate surface area is 85.9 Å². The first-order valence-electron chi connectivity index (χ1n) is 4.22. The third-order valence-corrected chi connectivity index (χ3v) is 1.99. The van der Waals surface area contributed by atoms with Crippen LogP contribution in [0.1, 0.15) is 17.2 Å². The summed E-state index contributed by atoms with van der Waals surface area (Å²) in [6.45, 7) is 1.42. The number of hydrogen-bond donors (Lipinski definition) is 2. The van der Waals surface area contributed by atoms with E-state index in [1.165, 1.54) is 13.0 Å². The van der Waals surface area contributed by atoms with Crippen LogP contribution in [0, 0.1) is 12.7 Å². The Morgan fingerprint density at radius 2 is 2.13 bits per heavy atom. The number of aliphatic hydroxyl groups is 1. The molecule has 0 saturated heterocycles. The van der Waals surface area contributed by atoms with Crippen molar-refractivity contribution in [1.82, 2.24) is 0 Å². The lowest BCUT2D eigenvalue weighted by Gasteiger charge is -2.11. The van der Waals surface area contributed by atoms with E-state index in [0.29, 0.717) is 0 Å². The van der Waals surface area contributed by atoms with Gasteiger partial charge in [-0.3, -0.25) is 0 Å². The predicted octanol–water partition coefficient (Wildman–Crippen LogP) is 1.05. The SMILES string of the molecule is COC(=O)C(O)c1cc(O)cc(C)c1F. The Morgan fingerprint density at radius 1 is 1.53 bits per heavy atom. The van der Waals surface area contributed by atoms with Crippen LogP contribution < -0.4 is 0 Å². The van der Waals surface area contributed by atoms with Crippen LogP contribution in [0.5, 0.6) is 5.75 Å². The molecule has 1 aromatic carbocycles. The molecule has 0 aromatic heterocycles. The number of rotatable bonds is 2. The number of aliphatic hydroxyl groups excluding tert-OH is 1. The van der Waals surface area contributed by atoms with E-state index in [2.05, 4.69) is 4.74 Å². The Hall–Kier alpha value is -1.62. The number of carbonyl (C=O) groups is 1. The fourth-order valence-corrected chi connectivity index (χ4v) is 1.21. The minimum atomic E-state index is -1.72. The topological polar surface area (TPSA) is 66.8 Å². The van der Waals surface area contributed by atoms with Crippen molar-refractivity contribution >= 4 is 5.97 Å². The molecule has 0 aliphatic heterocycles. The summed E-state index contributed by atoms with van der Waals surface area (Å²) >= 11 is 0. The molecule has 82 valence electrons. The molecule has 0 aliphatic carbocycles. The number of phenols is 1. The van der Waals surface area contributed by atoms with Crippen LogP contribution in [-0.4, -0.2) is 23.3 Å². The van der Waals surface area contributed by atoms with Gasteiger partial charge in [0.2, 0.25) is 0 Å². The van der Waals surface area contributed by atoms with Gasteiger partial charge in [-0.1, -0.05) is 0 Å². The molecule has 0 fully saturated rings. The van der Waals surface area contributed by atoms with Gasteiger partial charge in [0.1, 0.15) is 11.6 Å². The number of esters is 1. The summed E-state index contributed by atoms with van der Waals surface area (Å²) in [4.78, 5) is 11.0. The molecule has 0 radical (unpaired) electrons. The highest BCUT2D eigenvalue weighted by Crippen LogP contribution is 2.25. The Morgan fingerprint density at radius 3 is 2.67 bits per heavy atom. The number of aromatic hydroxyl groups is 1. The molecule has 1 aromatic rings. The fraction of sp³-hybridized carbons (Fsp3) is 0.300. The van der Waals surface area contributed by atoms with Crippen molar-refractivity contribution in [3.05, 3.63) is 29.1 Å². The Balaban J connectivity index is 3.19. The van der Waals surface area contributed by atoms with Crippen molar-refractivity contribution in [3.8, 4) is 5.75 Å². The van der Waals surface area contributed by atoms with Gasteiger partial charge >= 0.3 is 5.97 Å². The molecule has 1 atom stereocenters. The van der Waals surface area contributed by atoms with Crippen molar-refractivity contribution in [2.45, 2.75) is 13.0 Å². The van der Waals surface area contributed by atoms with E-state index in [1.807, 2.05) is 0 Å². The van der Waals surface area contributed by atoms with E-state index in [1.54, 1.807) is 0 Å². The highest BCUT2D eigenvalue weighted by atomic mass is 19.1. The number of halogens is 1. The van der Waals surface area contributed by atoms with Gasteiger partial charge in [-0.2, -0.15) is 0 Å². The monoisotopic (exact) mass is 214 g/mol. The van der Waals surface area contributed by atoms with Gasteiger partial charge in [0, 0.05) is 5.56 Å². The summed E-state index contributed by atoms with van der Waals surface area (Å²) in [7, 11) is 1.08. The molecule has 5 heteroatoms. The number of hydrogen-bond acceptors (Lipinski definition) is 4. The smallest absolute Gasteiger partial charge is 0.339 e. The van der Waals surface area contributed by atoms with Crippen molar-refractivity contribution in [2.75, 3.05) is 7.11 Å². The zero-order valence-electron chi connectivity index (χ0n) is 8.32. The first-order valence-corrected chi connectivity index (χ1v) is 4.22. The van der Waals surface area contributed by atoms with Gasteiger partial charge in [0.05, 0.1) is 7.11 Å². The first kappa shape index (κ1) is 11.5. The molecule has 0 spiro atoms. The normalized spacial score (nSPS) is 12.3. The van der Waals surface area contributed by atoms with Gasteiger partial charge in [-0.15, -0.1) is 0 Å². The lowest BCUT2D eigenvalue weighted by molar-refractivity contribution is -0.150.